The van der Waals surface area contributed by atoms with Crippen LogP contribution >= 0.6 is 11.3 Å². The van der Waals surface area contributed by atoms with Gasteiger partial charge in [-0.3, -0.25) is 24.1 Å². The minimum atomic E-state index is -4.20. The van der Waals surface area contributed by atoms with Crippen molar-refractivity contribution in [3.8, 4) is 0 Å². The number of thiazole rings is 1. The number of esters is 1. The first-order valence-corrected chi connectivity index (χ1v) is 22.7. The number of nitrogens with zero attached hydrogens (tertiary/aromatic N) is 3. The van der Waals surface area contributed by atoms with Gasteiger partial charge in [0, 0.05) is 43.9 Å². The first kappa shape index (κ1) is 47.0. The van der Waals surface area contributed by atoms with E-state index in [0.717, 1.165) is 68.4 Å². The Morgan fingerprint density at radius 3 is 2.30 bits per heavy atom. The summed E-state index contributed by atoms with van der Waals surface area (Å²) in [6, 6.07) is 5.09. The Kier molecular flexibility index (Phi) is 18.9. The van der Waals surface area contributed by atoms with Crippen LogP contribution < -0.4 is 15.4 Å². The molecule has 3 amide bonds. The molecule has 314 valence electrons. The third kappa shape index (κ3) is 13.9. The molecule has 1 aliphatic heterocycles. The number of aromatic nitrogens is 1. The van der Waals surface area contributed by atoms with Crippen LogP contribution in [0.1, 0.15) is 140 Å². The molecule has 1 saturated heterocycles. The summed E-state index contributed by atoms with van der Waals surface area (Å²) in [5.41, 5.74) is 0.766. The van der Waals surface area contributed by atoms with E-state index in [2.05, 4.69) is 32.2 Å². The highest BCUT2D eigenvalue weighted by atomic mass is 32.2. The van der Waals surface area contributed by atoms with Crippen LogP contribution in [-0.4, -0.2) is 91.2 Å². The lowest BCUT2D eigenvalue weighted by molar-refractivity contribution is -0.149. The molecule has 0 radical (unpaired) electrons. The average molecular weight is 819 g/mol. The number of rotatable bonds is 22. The maximum atomic E-state index is 14.8. The van der Waals surface area contributed by atoms with E-state index in [4.69, 9.17) is 4.74 Å². The number of likely N-dealkylation sites (N-methyl/N-ethyl adjacent to an activating group) is 1. The minimum Gasteiger partial charge on any atom is -0.455 e. The van der Waals surface area contributed by atoms with Crippen LogP contribution in [0.25, 0.3) is 0 Å². The normalized spacial score (nSPS) is 17.2. The summed E-state index contributed by atoms with van der Waals surface area (Å²) in [6.07, 6.45) is 6.43. The summed E-state index contributed by atoms with van der Waals surface area (Å²) >= 11 is 1.08. The largest absolute Gasteiger partial charge is 0.455 e. The molecular formula is C41H66N6O7S2. The smallest absolute Gasteiger partial charge is 0.303 e. The number of ether oxygens (including phenoxy) is 1. The fourth-order valence-corrected chi connectivity index (χ4v) is 8.73. The molecule has 0 spiro atoms. The number of hydrogen-bond acceptors (Lipinski definition) is 11. The number of amides is 3. The standard InChI is InChI=1S/C41H66N6O7S2/c1-10-12-13-15-23-47(41(51)37(29(7)11-2)44-39(50)34-17-14-16-22-46(34)9)35(27(3)4)24-36(54-30(8)48)40-43-33(26-55-40)38(49)45-56(52,53)32-20-18-31(19-21-32)25-42-28(5)6/h18-21,26-29,34-37,42H,10-17,22-25H2,1-9H3,(H,44,50)(H,45,49)/t29-,34+,35+,36+,37-/m0/s1. The van der Waals surface area contributed by atoms with Gasteiger partial charge in [-0.1, -0.05) is 92.7 Å². The minimum absolute atomic E-state index is 0.0616. The van der Waals surface area contributed by atoms with E-state index in [1.165, 1.54) is 24.4 Å². The Bertz CT molecular complexity index is 1680. The van der Waals surface area contributed by atoms with Crippen molar-refractivity contribution in [2.75, 3.05) is 20.1 Å². The SMILES string of the molecule is CCCCCCN(C(=O)[C@@H](NC(=O)[C@H]1CCCCN1C)[C@@H](C)CC)[C@H](C[C@@H](OC(C)=O)c1nc(C(=O)NS(=O)(=O)c2ccc(CNC(C)C)cc2)cs1)C(C)C. The highest BCUT2D eigenvalue weighted by molar-refractivity contribution is 7.90. The molecule has 0 unspecified atom stereocenters. The van der Waals surface area contributed by atoms with Gasteiger partial charge in [0.05, 0.1) is 10.9 Å². The number of benzene rings is 1. The van der Waals surface area contributed by atoms with Gasteiger partial charge in [-0.05, 0) is 62.4 Å². The lowest BCUT2D eigenvalue weighted by Crippen LogP contribution is -2.59. The van der Waals surface area contributed by atoms with Gasteiger partial charge in [-0.25, -0.2) is 18.1 Å². The molecule has 2 aromatic rings. The molecule has 3 N–H and O–H groups in total. The Hall–Kier alpha value is -3.40. The van der Waals surface area contributed by atoms with Crippen LogP contribution in [0, 0.1) is 11.8 Å². The topological polar surface area (TPSA) is 167 Å². The number of hydrogen-bond donors (Lipinski definition) is 3. The van der Waals surface area contributed by atoms with Crippen LogP contribution in [0.15, 0.2) is 34.5 Å². The Labute approximate surface area is 339 Å². The van der Waals surface area contributed by atoms with Gasteiger partial charge in [0.2, 0.25) is 11.8 Å². The van der Waals surface area contributed by atoms with Gasteiger partial charge in [0.15, 0.2) is 6.10 Å². The molecular weight excluding hydrogens is 753 g/mol. The molecule has 1 aliphatic rings. The van der Waals surface area contributed by atoms with Crippen LogP contribution in [0.2, 0.25) is 0 Å². The Balaban J connectivity index is 1.89. The Morgan fingerprint density at radius 2 is 1.71 bits per heavy atom. The second-order valence-electron chi connectivity index (χ2n) is 15.8. The molecule has 5 atom stereocenters. The zero-order chi connectivity index (χ0) is 41.6. The van der Waals surface area contributed by atoms with E-state index in [-0.39, 0.29) is 52.7 Å². The maximum Gasteiger partial charge on any atom is 0.303 e. The van der Waals surface area contributed by atoms with Crippen LogP contribution in [-0.2, 0) is 35.7 Å². The summed E-state index contributed by atoms with van der Waals surface area (Å²) in [5.74, 6) is -1.99. The van der Waals surface area contributed by atoms with Crippen molar-refractivity contribution < 1.29 is 32.3 Å². The average Bonchev–Trinajstić information content (AvgIpc) is 3.65. The predicted octanol–water partition coefficient (Wildman–Crippen LogP) is 6.20. The van der Waals surface area contributed by atoms with Gasteiger partial charge < -0.3 is 20.3 Å². The second kappa shape index (κ2) is 22.5. The van der Waals surface area contributed by atoms with Gasteiger partial charge in [0.25, 0.3) is 15.9 Å². The quantitative estimate of drug-likeness (QED) is 0.0920. The Morgan fingerprint density at radius 1 is 1.02 bits per heavy atom. The van der Waals surface area contributed by atoms with Crippen molar-refractivity contribution in [2.45, 2.75) is 155 Å². The molecule has 13 nitrogen and oxygen atoms in total. The molecule has 0 saturated carbocycles. The molecule has 1 fully saturated rings. The molecule has 0 bridgehead atoms. The molecule has 56 heavy (non-hydrogen) atoms. The number of carbonyl (C=O) groups excluding carboxylic acids is 4. The number of sulfonamides is 1. The zero-order valence-corrected chi connectivity index (χ0v) is 36.6. The molecule has 0 aliphatic carbocycles. The van der Waals surface area contributed by atoms with Crippen molar-refractivity contribution in [1.82, 2.24) is 30.1 Å². The monoisotopic (exact) mass is 818 g/mol. The lowest BCUT2D eigenvalue weighted by atomic mass is 9.91. The van der Waals surface area contributed by atoms with Crippen LogP contribution in [0.4, 0.5) is 0 Å². The highest BCUT2D eigenvalue weighted by Crippen LogP contribution is 2.32. The van der Waals surface area contributed by atoms with E-state index >= 15 is 0 Å². The van der Waals surface area contributed by atoms with E-state index < -0.39 is 40.1 Å². The van der Waals surface area contributed by atoms with E-state index in [1.807, 2.05) is 53.5 Å². The van der Waals surface area contributed by atoms with E-state index in [1.54, 1.807) is 12.1 Å². The third-order valence-corrected chi connectivity index (χ3v) is 12.8. The molecule has 1 aromatic carbocycles. The fraction of sp³-hybridized carbons (Fsp3) is 0.683. The summed E-state index contributed by atoms with van der Waals surface area (Å²) in [5, 5.41) is 8.18. The summed E-state index contributed by atoms with van der Waals surface area (Å²) in [7, 11) is -2.25. The van der Waals surface area contributed by atoms with Crippen molar-refractivity contribution in [1.29, 1.82) is 0 Å². The van der Waals surface area contributed by atoms with E-state index in [0.29, 0.717) is 24.5 Å². The van der Waals surface area contributed by atoms with Gasteiger partial charge in [-0.2, -0.15) is 0 Å². The summed E-state index contributed by atoms with van der Waals surface area (Å²) in [4.78, 5) is 62.5. The number of likely N-dealkylation sites (tertiary alicyclic amines) is 1. The van der Waals surface area contributed by atoms with Crippen molar-refractivity contribution in [2.24, 2.45) is 11.8 Å². The molecule has 3 rings (SSSR count). The van der Waals surface area contributed by atoms with Crippen molar-refractivity contribution in [3.05, 3.63) is 45.9 Å². The molecule has 1 aromatic heterocycles. The van der Waals surface area contributed by atoms with Gasteiger partial charge in [0.1, 0.15) is 16.7 Å². The lowest BCUT2D eigenvalue weighted by Gasteiger charge is -2.40. The second-order valence-corrected chi connectivity index (χ2v) is 18.4. The zero-order valence-electron chi connectivity index (χ0n) is 34.9. The third-order valence-electron chi connectivity index (χ3n) is 10.5. The summed E-state index contributed by atoms with van der Waals surface area (Å²) < 4.78 is 34.2. The predicted molar refractivity (Wildman–Crippen MR) is 220 cm³/mol. The fourth-order valence-electron chi connectivity index (χ4n) is 6.93. The number of carbonyl (C=O) groups is 4. The van der Waals surface area contributed by atoms with Crippen LogP contribution in [0.5, 0.6) is 0 Å². The molecule has 15 heteroatoms. The van der Waals surface area contributed by atoms with Crippen molar-refractivity contribution in [3.63, 3.8) is 0 Å². The number of piperidine rings is 1. The summed E-state index contributed by atoms with van der Waals surface area (Å²) in [6.45, 7) is 17.3. The highest BCUT2D eigenvalue weighted by Gasteiger charge is 2.38. The first-order valence-electron chi connectivity index (χ1n) is 20.3. The molecule has 2 heterocycles. The number of unbranched alkanes of at least 4 members (excludes halogenated alkanes) is 3. The first-order chi connectivity index (χ1) is 26.5. The van der Waals surface area contributed by atoms with E-state index in [9.17, 15) is 27.6 Å². The van der Waals surface area contributed by atoms with Crippen molar-refractivity contribution >= 4 is 45.1 Å². The van der Waals surface area contributed by atoms with Gasteiger partial charge in [-0.15, -0.1) is 11.3 Å². The number of nitrogens with one attached hydrogen (secondary N) is 3. The maximum absolute atomic E-state index is 14.8. The van der Waals surface area contributed by atoms with Gasteiger partial charge >= 0.3 is 5.97 Å². The van der Waals surface area contributed by atoms with Crippen LogP contribution in [0.3, 0.4) is 0 Å².